The van der Waals surface area contributed by atoms with Crippen LogP contribution >= 0.6 is 0 Å². The first kappa shape index (κ1) is 56.0. The van der Waals surface area contributed by atoms with E-state index in [2.05, 4.69) is 26.1 Å². The molecule has 0 aliphatic carbocycles. The van der Waals surface area contributed by atoms with Crippen molar-refractivity contribution in [1.82, 2.24) is 55.2 Å². The maximum atomic E-state index is 13.1. The van der Waals surface area contributed by atoms with Gasteiger partial charge in [0.15, 0.2) is 5.82 Å². The first-order valence-electron chi connectivity index (χ1n) is 24.3. The van der Waals surface area contributed by atoms with E-state index in [1.807, 2.05) is 38.1 Å². The molecule has 0 saturated carbocycles. The van der Waals surface area contributed by atoms with Crippen molar-refractivity contribution in [3.8, 4) is 28.6 Å². The number of aromatic nitrogens is 3. The zero-order valence-electron chi connectivity index (χ0n) is 41.2. The lowest BCUT2D eigenvalue weighted by Gasteiger charge is -2.35. The van der Waals surface area contributed by atoms with Crippen molar-refractivity contribution in [2.75, 3.05) is 105 Å². The average molecular weight is 1010 g/mol. The van der Waals surface area contributed by atoms with E-state index in [1.54, 1.807) is 42.1 Å². The lowest BCUT2D eigenvalue weighted by molar-refractivity contribution is -0.145. The van der Waals surface area contributed by atoms with E-state index in [9.17, 15) is 64.2 Å². The summed E-state index contributed by atoms with van der Waals surface area (Å²) in [6.07, 6.45) is 2.00. The topological polar surface area (TPSA) is 324 Å². The molecule has 2 aromatic carbocycles. The summed E-state index contributed by atoms with van der Waals surface area (Å²) in [5.41, 5.74) is 2.56. The molecule has 1 aromatic heterocycles. The van der Waals surface area contributed by atoms with Crippen LogP contribution in [0.25, 0.3) is 17.1 Å². The van der Waals surface area contributed by atoms with Gasteiger partial charge in [0.25, 0.3) is 5.91 Å². The minimum absolute atomic E-state index is 0.0351. The molecule has 394 valence electrons. The van der Waals surface area contributed by atoms with Crippen molar-refractivity contribution in [2.45, 2.75) is 64.8 Å². The van der Waals surface area contributed by atoms with E-state index in [1.165, 1.54) is 6.07 Å². The number of likely N-dealkylation sites (tertiary alicyclic amines) is 1. The maximum Gasteiger partial charge on any atom is 0.320 e. The Morgan fingerprint density at radius 2 is 1.22 bits per heavy atom. The van der Waals surface area contributed by atoms with Gasteiger partial charge in [-0.05, 0) is 73.8 Å². The number of piperidine rings is 1. The number of carboxylic acids is 4. The third-order valence-electron chi connectivity index (χ3n) is 12.9. The highest BCUT2D eigenvalue weighted by atomic mass is 16.4. The Morgan fingerprint density at radius 3 is 1.74 bits per heavy atom. The Kier molecular flexibility index (Phi) is 21.1. The highest BCUT2D eigenvalue weighted by Gasteiger charge is 2.30. The second-order valence-electron chi connectivity index (χ2n) is 18.4. The monoisotopic (exact) mass is 1010 g/mol. The van der Waals surface area contributed by atoms with E-state index in [4.69, 9.17) is 0 Å². The number of nitrogens with zero attached hydrogens (tertiary/aromatic N) is 8. The number of carboxylic acid groups (broad SMARTS) is 4. The summed E-state index contributed by atoms with van der Waals surface area (Å²) >= 11 is 0. The van der Waals surface area contributed by atoms with Gasteiger partial charge in [-0.25, -0.2) is 4.79 Å². The molecular formula is C48H69N11O13. The fourth-order valence-electron chi connectivity index (χ4n) is 8.99. The van der Waals surface area contributed by atoms with Crippen molar-refractivity contribution in [3.63, 3.8) is 0 Å². The molecule has 72 heavy (non-hydrogen) atoms. The number of aromatic hydroxyl groups is 2. The fraction of sp³-hybridized carbons (Fsp3) is 0.562. The van der Waals surface area contributed by atoms with Gasteiger partial charge in [0.1, 0.15) is 17.5 Å². The van der Waals surface area contributed by atoms with Crippen LogP contribution in [0.5, 0.6) is 11.5 Å². The zero-order chi connectivity index (χ0) is 52.5. The number of aliphatic carboxylic acids is 4. The molecule has 3 aromatic rings. The van der Waals surface area contributed by atoms with E-state index < -0.39 is 41.7 Å². The molecule has 4 amide bonds. The van der Waals surface area contributed by atoms with Crippen LogP contribution < -0.4 is 16.0 Å². The highest BCUT2D eigenvalue weighted by molar-refractivity contribution is 5.92. The van der Waals surface area contributed by atoms with Crippen LogP contribution in [0.3, 0.4) is 0 Å². The summed E-state index contributed by atoms with van der Waals surface area (Å²) in [5, 5.41) is 76.8. The Balaban J connectivity index is 1.10. The smallest absolute Gasteiger partial charge is 0.320 e. The molecule has 3 heterocycles. The van der Waals surface area contributed by atoms with E-state index >= 15 is 0 Å². The molecule has 24 nitrogen and oxygen atoms in total. The van der Waals surface area contributed by atoms with Crippen LogP contribution in [-0.4, -0.2) is 222 Å². The molecule has 2 fully saturated rings. The van der Waals surface area contributed by atoms with Crippen LogP contribution in [0.15, 0.2) is 36.4 Å². The summed E-state index contributed by atoms with van der Waals surface area (Å²) in [5.74, 6) is -5.13. The van der Waals surface area contributed by atoms with Crippen molar-refractivity contribution in [3.05, 3.63) is 53.3 Å². The zero-order valence-corrected chi connectivity index (χ0v) is 41.2. The number of hydrogen-bond donors (Lipinski definition) is 9. The van der Waals surface area contributed by atoms with Crippen molar-refractivity contribution < 1.29 is 64.2 Å². The molecule has 9 N–H and O–H groups in total. The third-order valence-corrected chi connectivity index (χ3v) is 12.9. The number of urea groups is 1. The van der Waals surface area contributed by atoms with E-state index in [-0.39, 0.29) is 133 Å². The normalized spacial score (nSPS) is 16.6. The maximum absolute atomic E-state index is 13.1. The molecule has 2 saturated heterocycles. The van der Waals surface area contributed by atoms with Crippen LogP contribution in [-0.2, 0) is 30.4 Å². The predicted octanol–water partition coefficient (Wildman–Crippen LogP) is 1.01. The van der Waals surface area contributed by atoms with Gasteiger partial charge in [-0.2, -0.15) is 0 Å². The second kappa shape index (κ2) is 27.1. The minimum Gasteiger partial charge on any atom is -0.508 e. The molecule has 0 bridgehead atoms. The van der Waals surface area contributed by atoms with Crippen LogP contribution in [0, 0.1) is 5.92 Å². The lowest BCUT2D eigenvalue weighted by atomic mass is 9.90. The number of phenolic OH excluding ortho intramolecular Hbond substituents is 2. The van der Waals surface area contributed by atoms with Crippen molar-refractivity contribution in [1.29, 1.82) is 0 Å². The van der Waals surface area contributed by atoms with Crippen LogP contribution in [0.2, 0.25) is 0 Å². The summed E-state index contributed by atoms with van der Waals surface area (Å²) in [6.45, 7) is 7.39. The SMILES string of the molecule is CCNC(=O)c1nnc(-c2cc(C(C)C)c(O)cc2O)n1-c1ccc(CC2CCN(C(=O)NCCNC(=O)CCC(C(=O)O)N3CCN(CC(=O)O)CCN(CC(=O)O)CCN(CC(=O)O)CC3)CC2)cc1. The first-order valence-corrected chi connectivity index (χ1v) is 24.3. The fourth-order valence-corrected chi connectivity index (χ4v) is 8.99. The largest absolute Gasteiger partial charge is 0.508 e. The van der Waals surface area contributed by atoms with Gasteiger partial charge in [-0.1, -0.05) is 26.0 Å². The summed E-state index contributed by atoms with van der Waals surface area (Å²) < 4.78 is 1.58. The van der Waals surface area contributed by atoms with Gasteiger partial charge in [0.2, 0.25) is 11.7 Å². The van der Waals surface area contributed by atoms with Gasteiger partial charge in [-0.3, -0.25) is 52.9 Å². The number of amides is 4. The number of phenols is 2. The summed E-state index contributed by atoms with van der Waals surface area (Å²) in [4.78, 5) is 94.6. The Bertz CT molecular complexity index is 2320. The summed E-state index contributed by atoms with van der Waals surface area (Å²) in [7, 11) is 0. The van der Waals surface area contributed by atoms with Gasteiger partial charge < -0.3 is 51.5 Å². The molecule has 5 rings (SSSR count). The standard InChI is InChI=1S/C48H69N11O13/c1-4-49-46(69)45-53-52-44(36-26-35(31(2)3)38(60)27-39(36)61)59(45)34-7-5-32(6-8-34)25-33-11-15-58(16-12-33)48(72)51-14-13-50-40(62)10-9-37(47(70)71)57-23-21-55(29-42(65)66)19-17-54(28-41(63)64)18-20-56(22-24-57)30-43(67)68/h5-8,26-27,31,33,37,60-61H,4,9-25,28-30H2,1-3H3,(H,49,69)(H,50,62)(H,51,72)(H,63,64)(H,65,66)(H,67,68)(H,70,71). The van der Waals surface area contributed by atoms with Crippen LogP contribution in [0.1, 0.15) is 74.1 Å². The number of carbonyl (C=O) groups excluding carboxylic acids is 3. The summed E-state index contributed by atoms with van der Waals surface area (Å²) in [6, 6.07) is 9.12. The number of benzene rings is 2. The average Bonchev–Trinajstić information content (AvgIpc) is 3.76. The van der Waals surface area contributed by atoms with Crippen molar-refractivity contribution in [2.24, 2.45) is 5.92 Å². The quantitative estimate of drug-likeness (QED) is 0.0673. The Labute approximate surface area is 417 Å². The van der Waals surface area contributed by atoms with E-state index in [0.717, 1.165) is 24.8 Å². The van der Waals surface area contributed by atoms with Gasteiger partial charge in [0.05, 0.1) is 25.2 Å². The first-order chi connectivity index (χ1) is 34.3. The van der Waals surface area contributed by atoms with Gasteiger partial charge in [0, 0.05) is 103 Å². The molecule has 2 aliphatic heterocycles. The third kappa shape index (κ3) is 16.6. The second-order valence-corrected chi connectivity index (χ2v) is 18.4. The van der Waals surface area contributed by atoms with Crippen LogP contribution in [0.4, 0.5) is 4.79 Å². The molecule has 0 radical (unpaired) electrons. The molecule has 2 aliphatic rings. The van der Waals surface area contributed by atoms with E-state index in [0.29, 0.717) is 42.4 Å². The number of carbonyl (C=O) groups is 7. The molecule has 1 atom stereocenters. The lowest BCUT2D eigenvalue weighted by Crippen LogP contribution is -2.52. The molecule has 1 unspecified atom stereocenters. The van der Waals surface area contributed by atoms with Crippen molar-refractivity contribution >= 4 is 41.7 Å². The predicted molar refractivity (Wildman–Crippen MR) is 261 cm³/mol. The minimum atomic E-state index is -1.20. The number of rotatable bonds is 21. The number of hydrogen-bond acceptors (Lipinski definition) is 15. The van der Waals surface area contributed by atoms with Gasteiger partial charge in [-0.15, -0.1) is 10.2 Å². The van der Waals surface area contributed by atoms with Gasteiger partial charge >= 0.3 is 29.9 Å². The Hall–Kier alpha value is -6.89. The highest BCUT2D eigenvalue weighted by Crippen LogP contribution is 2.38. The Morgan fingerprint density at radius 1 is 0.681 bits per heavy atom. The molecule has 24 heteroatoms. The molecular weight excluding hydrogens is 939 g/mol. The molecule has 0 spiro atoms. The number of nitrogens with one attached hydrogen (secondary N) is 3.